The summed E-state index contributed by atoms with van der Waals surface area (Å²) in [6.45, 7) is 5.81. The van der Waals surface area contributed by atoms with Gasteiger partial charge in [0.2, 0.25) is 0 Å². The van der Waals surface area contributed by atoms with Crippen molar-refractivity contribution in [2.24, 2.45) is 5.92 Å². The number of esters is 1. The van der Waals surface area contributed by atoms with Crippen LogP contribution in [0, 0.1) is 5.92 Å². The molecule has 3 nitrogen and oxygen atoms in total. The molecule has 1 aliphatic rings. The normalized spacial score (nSPS) is 37.1. The summed E-state index contributed by atoms with van der Waals surface area (Å²) in [7, 11) is 0. The van der Waals surface area contributed by atoms with Crippen molar-refractivity contribution in [1.29, 1.82) is 0 Å². The highest BCUT2D eigenvalue weighted by atomic mass is 16.6. The van der Waals surface area contributed by atoms with E-state index in [0.29, 0.717) is 6.42 Å². The van der Waals surface area contributed by atoms with Crippen LogP contribution in [-0.4, -0.2) is 22.8 Å². The summed E-state index contributed by atoms with van der Waals surface area (Å²) in [5.41, 5.74) is -0.453. The maximum atomic E-state index is 11.4. The minimum Gasteiger partial charge on any atom is -0.459 e. The Morgan fingerprint density at radius 3 is 2.71 bits per heavy atom. The van der Waals surface area contributed by atoms with E-state index in [4.69, 9.17) is 4.74 Å². The Morgan fingerprint density at radius 2 is 2.29 bits per heavy atom. The molecule has 14 heavy (non-hydrogen) atoms. The van der Waals surface area contributed by atoms with Gasteiger partial charge in [-0.15, -0.1) is 0 Å². The molecule has 0 aliphatic heterocycles. The monoisotopic (exact) mass is 200 g/mol. The topological polar surface area (TPSA) is 46.5 Å². The molecule has 0 heterocycles. The second-order valence-corrected chi connectivity index (χ2v) is 4.43. The fourth-order valence-electron chi connectivity index (χ4n) is 1.98. The van der Waals surface area contributed by atoms with E-state index in [9.17, 15) is 9.90 Å². The van der Waals surface area contributed by atoms with E-state index in [-0.39, 0.29) is 18.0 Å². The summed E-state index contributed by atoms with van der Waals surface area (Å²) in [6.07, 6.45) is 2.46. The van der Waals surface area contributed by atoms with Crippen LogP contribution < -0.4 is 0 Å². The molecule has 0 spiro atoms. The highest BCUT2D eigenvalue weighted by Gasteiger charge is 2.44. The van der Waals surface area contributed by atoms with Crippen LogP contribution in [0.3, 0.4) is 0 Å². The molecule has 1 N–H and O–H groups in total. The highest BCUT2D eigenvalue weighted by Crippen LogP contribution is 2.38. The van der Waals surface area contributed by atoms with E-state index in [0.717, 1.165) is 19.3 Å². The second kappa shape index (κ2) is 4.30. The summed E-state index contributed by atoms with van der Waals surface area (Å²) in [4.78, 5) is 11.4. The van der Waals surface area contributed by atoms with Crippen molar-refractivity contribution >= 4 is 5.97 Å². The molecule has 0 amide bonds. The molecular weight excluding hydrogens is 180 g/mol. The summed E-state index contributed by atoms with van der Waals surface area (Å²) in [6, 6.07) is 0. The fourth-order valence-corrected chi connectivity index (χ4v) is 1.98. The molecule has 1 aliphatic carbocycles. The third-order valence-corrected chi connectivity index (χ3v) is 3.28. The van der Waals surface area contributed by atoms with Crippen molar-refractivity contribution in [2.75, 3.05) is 0 Å². The van der Waals surface area contributed by atoms with Gasteiger partial charge in [-0.25, -0.2) is 0 Å². The lowest BCUT2D eigenvalue weighted by atomic mass is 9.93. The minimum atomic E-state index is -0.453. The average Bonchev–Trinajstić information content (AvgIpc) is 2.34. The average molecular weight is 200 g/mol. The molecule has 82 valence electrons. The van der Waals surface area contributed by atoms with Gasteiger partial charge in [-0.05, 0) is 26.2 Å². The van der Waals surface area contributed by atoms with Crippen molar-refractivity contribution in [3.05, 3.63) is 0 Å². The number of carbonyl (C=O) groups excluding carboxylic acids is 1. The standard InChI is InChI=1S/C11H20O3/c1-4-5-10(13)14-11(3)7-6-9(12)8(11)2/h8-9,12H,4-7H2,1-3H3/t8-,9-,11-/m1/s1. The summed E-state index contributed by atoms with van der Waals surface area (Å²) in [5.74, 6) is -0.0979. The van der Waals surface area contributed by atoms with E-state index in [2.05, 4.69) is 0 Å². The first kappa shape index (κ1) is 11.5. The van der Waals surface area contributed by atoms with Gasteiger partial charge in [-0.1, -0.05) is 13.8 Å². The van der Waals surface area contributed by atoms with Crippen LogP contribution in [0.15, 0.2) is 0 Å². The molecule has 0 aromatic heterocycles. The number of aliphatic hydroxyl groups excluding tert-OH is 1. The molecule has 0 unspecified atom stereocenters. The number of hydrogen-bond acceptors (Lipinski definition) is 3. The lowest BCUT2D eigenvalue weighted by molar-refractivity contribution is -0.162. The first-order chi connectivity index (χ1) is 6.49. The molecule has 1 rings (SSSR count). The molecule has 0 bridgehead atoms. The van der Waals surface area contributed by atoms with Gasteiger partial charge in [-0.2, -0.15) is 0 Å². The van der Waals surface area contributed by atoms with E-state index < -0.39 is 5.60 Å². The number of aliphatic hydroxyl groups is 1. The Kier molecular flexibility index (Phi) is 3.53. The largest absolute Gasteiger partial charge is 0.459 e. The summed E-state index contributed by atoms with van der Waals surface area (Å²) >= 11 is 0. The van der Waals surface area contributed by atoms with Crippen molar-refractivity contribution in [1.82, 2.24) is 0 Å². The van der Waals surface area contributed by atoms with E-state index >= 15 is 0 Å². The first-order valence-corrected chi connectivity index (χ1v) is 5.39. The maximum absolute atomic E-state index is 11.4. The van der Waals surface area contributed by atoms with E-state index in [1.807, 2.05) is 20.8 Å². The Balaban J connectivity index is 2.54. The third-order valence-electron chi connectivity index (χ3n) is 3.28. The van der Waals surface area contributed by atoms with Crippen LogP contribution in [0.2, 0.25) is 0 Å². The minimum absolute atomic E-state index is 0.0447. The van der Waals surface area contributed by atoms with Crippen LogP contribution in [0.4, 0.5) is 0 Å². The Hall–Kier alpha value is -0.570. The molecule has 1 saturated carbocycles. The van der Waals surface area contributed by atoms with Gasteiger partial charge in [0.15, 0.2) is 0 Å². The van der Waals surface area contributed by atoms with Gasteiger partial charge in [0.1, 0.15) is 5.60 Å². The molecule has 3 heteroatoms. The second-order valence-electron chi connectivity index (χ2n) is 4.43. The van der Waals surface area contributed by atoms with Gasteiger partial charge in [0.05, 0.1) is 6.10 Å². The molecule has 1 fully saturated rings. The molecule has 0 aromatic rings. The third kappa shape index (κ3) is 2.27. The SMILES string of the molecule is CCCC(=O)O[C@]1(C)CC[C@@H](O)[C@H]1C. The van der Waals surface area contributed by atoms with E-state index in [1.165, 1.54) is 0 Å². The van der Waals surface area contributed by atoms with E-state index in [1.54, 1.807) is 0 Å². The Bertz CT molecular complexity index is 215. The van der Waals surface area contributed by atoms with Crippen molar-refractivity contribution < 1.29 is 14.6 Å². The molecule has 3 atom stereocenters. The molecule has 0 aromatic carbocycles. The first-order valence-electron chi connectivity index (χ1n) is 5.39. The predicted molar refractivity (Wildman–Crippen MR) is 53.8 cm³/mol. The zero-order valence-corrected chi connectivity index (χ0v) is 9.25. The Labute approximate surface area is 85.5 Å². The zero-order valence-electron chi connectivity index (χ0n) is 9.25. The lowest BCUT2D eigenvalue weighted by Crippen LogP contribution is -2.37. The highest BCUT2D eigenvalue weighted by molar-refractivity contribution is 5.69. The zero-order chi connectivity index (χ0) is 10.8. The van der Waals surface area contributed by atoms with Gasteiger partial charge < -0.3 is 9.84 Å². The molecular formula is C11H20O3. The number of rotatable bonds is 3. The fraction of sp³-hybridized carbons (Fsp3) is 0.909. The van der Waals surface area contributed by atoms with Crippen LogP contribution in [0.25, 0.3) is 0 Å². The number of hydrogen-bond donors (Lipinski definition) is 1. The van der Waals surface area contributed by atoms with Crippen LogP contribution in [0.5, 0.6) is 0 Å². The number of ether oxygens (including phenoxy) is 1. The van der Waals surface area contributed by atoms with Crippen LogP contribution >= 0.6 is 0 Å². The maximum Gasteiger partial charge on any atom is 0.306 e. The van der Waals surface area contributed by atoms with Crippen molar-refractivity contribution in [3.8, 4) is 0 Å². The lowest BCUT2D eigenvalue weighted by Gasteiger charge is -2.30. The van der Waals surface area contributed by atoms with Gasteiger partial charge in [-0.3, -0.25) is 4.79 Å². The van der Waals surface area contributed by atoms with Crippen LogP contribution in [-0.2, 0) is 9.53 Å². The quantitative estimate of drug-likeness (QED) is 0.707. The Morgan fingerprint density at radius 1 is 1.64 bits per heavy atom. The molecule has 0 saturated heterocycles. The predicted octanol–water partition coefficient (Wildman–Crippen LogP) is 1.88. The van der Waals surface area contributed by atoms with Gasteiger partial charge in [0, 0.05) is 12.3 Å². The smallest absolute Gasteiger partial charge is 0.306 e. The van der Waals surface area contributed by atoms with Gasteiger partial charge >= 0.3 is 5.97 Å². The van der Waals surface area contributed by atoms with Crippen molar-refractivity contribution in [3.63, 3.8) is 0 Å². The van der Waals surface area contributed by atoms with Gasteiger partial charge in [0.25, 0.3) is 0 Å². The van der Waals surface area contributed by atoms with Crippen molar-refractivity contribution in [2.45, 2.75) is 58.2 Å². The summed E-state index contributed by atoms with van der Waals surface area (Å²) < 4.78 is 5.42. The molecule has 0 radical (unpaired) electrons. The van der Waals surface area contributed by atoms with Crippen LogP contribution in [0.1, 0.15) is 46.5 Å². The number of carbonyl (C=O) groups is 1. The summed E-state index contributed by atoms with van der Waals surface area (Å²) in [5, 5.41) is 9.58.